The Bertz CT molecular complexity index is 1060. The molecule has 6 nitrogen and oxygen atoms in total. The first kappa shape index (κ1) is 20.9. The number of fused-ring (bicyclic) bond motifs is 1. The molecule has 2 N–H and O–H groups in total. The molecule has 2 amide bonds. The van der Waals surface area contributed by atoms with Gasteiger partial charge in [-0.2, -0.15) is 0 Å². The van der Waals surface area contributed by atoms with Crippen molar-refractivity contribution in [3.8, 4) is 0 Å². The maximum Gasteiger partial charge on any atom is 0.329 e. The van der Waals surface area contributed by atoms with E-state index in [2.05, 4.69) is 5.32 Å². The molecule has 1 aliphatic carbocycles. The van der Waals surface area contributed by atoms with Crippen molar-refractivity contribution in [2.24, 2.45) is 11.8 Å². The van der Waals surface area contributed by atoms with Crippen LogP contribution in [0.3, 0.4) is 0 Å². The number of hydrogen-bond donors (Lipinski definition) is 2. The molecule has 2 saturated heterocycles. The molecular weight excluding hydrogens is 404 g/mol. The van der Waals surface area contributed by atoms with Gasteiger partial charge in [-0.1, -0.05) is 73.9 Å². The fourth-order valence-corrected chi connectivity index (χ4v) is 6.12. The average molecular weight is 433 g/mol. The van der Waals surface area contributed by atoms with Gasteiger partial charge in [0, 0.05) is 12.1 Å². The lowest BCUT2D eigenvalue weighted by Crippen LogP contribution is -2.54. The van der Waals surface area contributed by atoms with E-state index in [0.717, 1.165) is 43.2 Å². The molecule has 0 radical (unpaired) electrons. The highest BCUT2D eigenvalue weighted by Crippen LogP contribution is 2.54. The van der Waals surface area contributed by atoms with E-state index in [-0.39, 0.29) is 17.9 Å². The van der Waals surface area contributed by atoms with E-state index >= 15 is 0 Å². The van der Waals surface area contributed by atoms with Crippen LogP contribution in [0.15, 0.2) is 54.6 Å². The Balaban J connectivity index is 1.68. The van der Waals surface area contributed by atoms with E-state index < -0.39 is 29.4 Å². The Kier molecular flexibility index (Phi) is 5.13. The molecule has 5 rings (SSSR count). The van der Waals surface area contributed by atoms with Gasteiger partial charge in [-0.25, -0.2) is 4.79 Å². The van der Waals surface area contributed by atoms with Crippen LogP contribution in [0.5, 0.6) is 0 Å². The predicted octanol–water partition coefficient (Wildman–Crippen LogP) is 3.55. The average Bonchev–Trinajstić information content (AvgIpc) is 3.30. The van der Waals surface area contributed by atoms with Gasteiger partial charge >= 0.3 is 5.97 Å². The van der Waals surface area contributed by atoms with Crippen LogP contribution in [0.1, 0.15) is 54.8 Å². The number of carboxylic acids is 1. The molecular formula is C26H28N2O4. The van der Waals surface area contributed by atoms with Gasteiger partial charge in [0.15, 0.2) is 5.54 Å². The molecule has 2 aliphatic heterocycles. The van der Waals surface area contributed by atoms with Crippen LogP contribution in [-0.2, 0) is 19.9 Å². The van der Waals surface area contributed by atoms with Gasteiger partial charge in [0.2, 0.25) is 11.8 Å². The minimum absolute atomic E-state index is 0.130. The molecule has 32 heavy (non-hydrogen) atoms. The molecule has 0 aromatic heterocycles. The molecule has 4 unspecified atom stereocenters. The first-order valence-corrected chi connectivity index (χ1v) is 11.5. The van der Waals surface area contributed by atoms with E-state index in [4.69, 9.17) is 0 Å². The van der Waals surface area contributed by atoms with Crippen molar-refractivity contribution < 1.29 is 19.5 Å². The number of hydrogen-bond acceptors (Lipinski definition) is 4. The topological polar surface area (TPSA) is 86.7 Å². The van der Waals surface area contributed by atoms with Crippen molar-refractivity contribution in [3.63, 3.8) is 0 Å². The molecule has 2 aromatic carbocycles. The summed E-state index contributed by atoms with van der Waals surface area (Å²) in [6.45, 7) is 1.95. The molecule has 166 valence electrons. The lowest BCUT2D eigenvalue weighted by Gasteiger charge is -2.35. The van der Waals surface area contributed by atoms with Crippen LogP contribution < -0.4 is 5.32 Å². The maximum absolute atomic E-state index is 13.9. The standard InChI is InChI=1S/C26H28N2O4/c1-16-10-8-9-15-19(16)22-20-21(24(30)28(23(20)29)18-13-6-3-7-14-18)26(27-22,25(31)32)17-11-4-2-5-12-17/h2,4-5,8-12,15,18,20-22,27H,3,6-7,13-14H2,1H3,(H,31,32). The molecule has 3 fully saturated rings. The van der Waals surface area contributed by atoms with Gasteiger partial charge in [0.1, 0.15) is 0 Å². The number of imide groups is 1. The summed E-state index contributed by atoms with van der Waals surface area (Å²) >= 11 is 0. The molecule has 6 heteroatoms. The zero-order valence-corrected chi connectivity index (χ0v) is 18.2. The number of aryl methyl sites for hydroxylation is 1. The van der Waals surface area contributed by atoms with Crippen LogP contribution in [-0.4, -0.2) is 33.8 Å². The predicted molar refractivity (Wildman–Crippen MR) is 119 cm³/mol. The molecule has 1 saturated carbocycles. The minimum Gasteiger partial charge on any atom is -0.480 e. The Morgan fingerprint density at radius 1 is 0.969 bits per heavy atom. The SMILES string of the molecule is Cc1ccccc1C1NC(C(=O)O)(c2ccccc2)C2C(=O)N(C3CCCCC3)C(=O)C12. The molecule has 0 bridgehead atoms. The van der Waals surface area contributed by atoms with E-state index in [1.54, 1.807) is 24.3 Å². The molecule has 2 heterocycles. The van der Waals surface area contributed by atoms with E-state index in [9.17, 15) is 19.5 Å². The first-order valence-electron chi connectivity index (χ1n) is 11.5. The van der Waals surface area contributed by atoms with Gasteiger partial charge in [-0.05, 0) is 36.5 Å². The van der Waals surface area contributed by atoms with Crippen molar-refractivity contribution in [1.29, 1.82) is 0 Å². The monoisotopic (exact) mass is 432 g/mol. The zero-order valence-electron chi connectivity index (χ0n) is 18.2. The first-order chi connectivity index (χ1) is 15.5. The Morgan fingerprint density at radius 3 is 2.28 bits per heavy atom. The number of amides is 2. The highest BCUT2D eigenvalue weighted by Gasteiger charge is 2.69. The second kappa shape index (κ2) is 7.85. The normalized spacial score (nSPS) is 30.5. The highest BCUT2D eigenvalue weighted by molar-refractivity contribution is 6.10. The van der Waals surface area contributed by atoms with Gasteiger partial charge in [0.25, 0.3) is 0 Å². The number of aliphatic carboxylic acids is 1. The summed E-state index contributed by atoms with van der Waals surface area (Å²) < 4.78 is 0. The minimum atomic E-state index is -1.66. The van der Waals surface area contributed by atoms with Gasteiger partial charge in [-0.15, -0.1) is 0 Å². The summed E-state index contributed by atoms with van der Waals surface area (Å²) in [4.78, 5) is 42.0. The summed E-state index contributed by atoms with van der Waals surface area (Å²) in [5.74, 6) is -3.43. The summed E-state index contributed by atoms with van der Waals surface area (Å²) in [7, 11) is 0. The smallest absolute Gasteiger partial charge is 0.329 e. The van der Waals surface area contributed by atoms with E-state index in [0.29, 0.717) is 5.56 Å². The van der Waals surface area contributed by atoms with Crippen LogP contribution >= 0.6 is 0 Å². The number of carbonyl (C=O) groups is 3. The van der Waals surface area contributed by atoms with Gasteiger partial charge in [0.05, 0.1) is 11.8 Å². The zero-order chi connectivity index (χ0) is 22.5. The van der Waals surface area contributed by atoms with Gasteiger partial charge < -0.3 is 5.11 Å². The number of rotatable bonds is 4. The molecule has 2 aromatic rings. The fourth-order valence-electron chi connectivity index (χ4n) is 6.12. The van der Waals surface area contributed by atoms with E-state index in [1.165, 1.54) is 4.90 Å². The largest absolute Gasteiger partial charge is 0.480 e. The molecule has 0 spiro atoms. The van der Waals surface area contributed by atoms with Crippen LogP contribution in [0.25, 0.3) is 0 Å². The summed E-state index contributed by atoms with van der Waals surface area (Å²) in [6.07, 6.45) is 4.67. The number of likely N-dealkylation sites (tertiary alicyclic amines) is 1. The number of carbonyl (C=O) groups excluding carboxylic acids is 2. The number of nitrogens with zero attached hydrogens (tertiary/aromatic N) is 1. The van der Waals surface area contributed by atoms with Crippen molar-refractivity contribution in [2.75, 3.05) is 0 Å². The van der Waals surface area contributed by atoms with Crippen molar-refractivity contribution in [1.82, 2.24) is 10.2 Å². The Hall–Kier alpha value is -2.99. The third-order valence-corrected chi connectivity index (χ3v) is 7.62. The number of carboxylic acid groups (broad SMARTS) is 1. The van der Waals surface area contributed by atoms with Crippen LogP contribution in [0.4, 0.5) is 0 Å². The third-order valence-electron chi connectivity index (χ3n) is 7.62. The van der Waals surface area contributed by atoms with Crippen molar-refractivity contribution in [3.05, 3.63) is 71.3 Å². The fraction of sp³-hybridized carbons (Fsp3) is 0.423. The van der Waals surface area contributed by atoms with Gasteiger partial charge in [-0.3, -0.25) is 19.8 Å². The number of nitrogens with one attached hydrogen (secondary N) is 1. The van der Waals surface area contributed by atoms with Crippen LogP contribution in [0.2, 0.25) is 0 Å². The lowest BCUT2D eigenvalue weighted by molar-refractivity contribution is -0.153. The Labute approximate surface area is 187 Å². The van der Waals surface area contributed by atoms with Crippen molar-refractivity contribution >= 4 is 17.8 Å². The Morgan fingerprint density at radius 2 is 1.62 bits per heavy atom. The summed E-state index contributed by atoms with van der Waals surface area (Å²) in [5, 5.41) is 13.9. The molecule has 3 aliphatic rings. The summed E-state index contributed by atoms with van der Waals surface area (Å²) in [5.41, 5.74) is 0.683. The van der Waals surface area contributed by atoms with Crippen LogP contribution in [0, 0.1) is 18.8 Å². The summed E-state index contributed by atoms with van der Waals surface area (Å²) in [6, 6.07) is 15.8. The highest BCUT2D eigenvalue weighted by atomic mass is 16.4. The lowest BCUT2D eigenvalue weighted by atomic mass is 9.75. The second-order valence-electron chi connectivity index (χ2n) is 9.30. The second-order valence-corrected chi connectivity index (χ2v) is 9.30. The van der Waals surface area contributed by atoms with Crippen molar-refractivity contribution in [2.45, 2.75) is 56.7 Å². The maximum atomic E-state index is 13.9. The third kappa shape index (κ3) is 2.93. The van der Waals surface area contributed by atoms with E-state index in [1.807, 2.05) is 37.3 Å². The molecule has 4 atom stereocenters. The quantitative estimate of drug-likeness (QED) is 0.722. The number of benzene rings is 2.